The number of hydrogen-bond acceptors (Lipinski definition) is 3. The second-order valence-electron chi connectivity index (χ2n) is 3.20. The summed E-state index contributed by atoms with van der Waals surface area (Å²) in [5.41, 5.74) is 8.98. The van der Waals surface area contributed by atoms with Crippen molar-refractivity contribution in [3.63, 3.8) is 0 Å². The summed E-state index contributed by atoms with van der Waals surface area (Å²) in [6.07, 6.45) is 2.45. The SMILES string of the molecule is Cc1ncnc(C)c1CC(C)N. The third kappa shape index (κ3) is 2.01. The Hall–Kier alpha value is -0.960. The summed E-state index contributed by atoms with van der Waals surface area (Å²) < 4.78 is 0. The van der Waals surface area contributed by atoms with Crippen LogP contribution in [0.25, 0.3) is 0 Å². The fourth-order valence-electron chi connectivity index (χ4n) is 1.24. The molecule has 12 heavy (non-hydrogen) atoms. The fraction of sp³-hybridized carbons (Fsp3) is 0.556. The van der Waals surface area contributed by atoms with Crippen LogP contribution in [0.4, 0.5) is 0 Å². The molecule has 3 nitrogen and oxygen atoms in total. The topological polar surface area (TPSA) is 51.8 Å². The largest absolute Gasteiger partial charge is 0.328 e. The van der Waals surface area contributed by atoms with Crippen LogP contribution in [0.5, 0.6) is 0 Å². The van der Waals surface area contributed by atoms with Crippen LogP contribution in [0, 0.1) is 13.8 Å². The zero-order valence-corrected chi connectivity index (χ0v) is 7.83. The quantitative estimate of drug-likeness (QED) is 0.710. The highest BCUT2D eigenvalue weighted by Gasteiger charge is 2.05. The lowest BCUT2D eigenvalue weighted by Gasteiger charge is -2.09. The van der Waals surface area contributed by atoms with Crippen molar-refractivity contribution in [2.24, 2.45) is 5.73 Å². The minimum Gasteiger partial charge on any atom is -0.328 e. The standard InChI is InChI=1S/C9H15N3/c1-6(10)4-9-7(2)11-5-12-8(9)3/h5-6H,4,10H2,1-3H3. The lowest BCUT2D eigenvalue weighted by Crippen LogP contribution is -2.19. The number of hydrogen-bond donors (Lipinski definition) is 1. The molecule has 0 aliphatic heterocycles. The molecule has 0 spiro atoms. The molecule has 1 aromatic rings. The zero-order valence-electron chi connectivity index (χ0n) is 7.83. The minimum atomic E-state index is 0.174. The van der Waals surface area contributed by atoms with Crippen molar-refractivity contribution >= 4 is 0 Å². The van der Waals surface area contributed by atoms with Crippen LogP contribution in [0.3, 0.4) is 0 Å². The van der Waals surface area contributed by atoms with Gasteiger partial charge < -0.3 is 5.73 Å². The number of rotatable bonds is 2. The lowest BCUT2D eigenvalue weighted by molar-refractivity contribution is 0.721. The number of nitrogens with two attached hydrogens (primary N) is 1. The van der Waals surface area contributed by atoms with Crippen molar-refractivity contribution in [2.75, 3.05) is 0 Å². The van der Waals surface area contributed by atoms with Crippen LogP contribution in [0.15, 0.2) is 6.33 Å². The summed E-state index contributed by atoms with van der Waals surface area (Å²) in [6.45, 7) is 5.98. The van der Waals surface area contributed by atoms with Crippen LogP contribution in [-0.2, 0) is 6.42 Å². The fourth-order valence-corrected chi connectivity index (χ4v) is 1.24. The molecule has 0 aromatic carbocycles. The highest BCUT2D eigenvalue weighted by Crippen LogP contribution is 2.09. The van der Waals surface area contributed by atoms with Gasteiger partial charge in [0.15, 0.2) is 0 Å². The van der Waals surface area contributed by atoms with E-state index in [1.165, 1.54) is 5.56 Å². The van der Waals surface area contributed by atoms with Gasteiger partial charge in [0.25, 0.3) is 0 Å². The van der Waals surface area contributed by atoms with E-state index < -0.39 is 0 Å². The van der Waals surface area contributed by atoms with Crippen molar-refractivity contribution in [1.82, 2.24) is 9.97 Å². The van der Waals surface area contributed by atoms with Gasteiger partial charge in [0.2, 0.25) is 0 Å². The molecular formula is C9H15N3. The monoisotopic (exact) mass is 165 g/mol. The van der Waals surface area contributed by atoms with Gasteiger partial charge in [-0.1, -0.05) is 0 Å². The molecule has 0 saturated heterocycles. The molecule has 0 aliphatic carbocycles. The first-order valence-electron chi connectivity index (χ1n) is 4.14. The first-order chi connectivity index (χ1) is 5.61. The summed E-state index contributed by atoms with van der Waals surface area (Å²) >= 11 is 0. The molecular weight excluding hydrogens is 150 g/mol. The van der Waals surface area contributed by atoms with Gasteiger partial charge in [-0.15, -0.1) is 0 Å². The Balaban J connectivity index is 2.96. The predicted octanol–water partition coefficient (Wildman–Crippen LogP) is 0.983. The van der Waals surface area contributed by atoms with Crippen molar-refractivity contribution in [2.45, 2.75) is 33.2 Å². The highest BCUT2D eigenvalue weighted by atomic mass is 14.8. The highest BCUT2D eigenvalue weighted by molar-refractivity contribution is 5.23. The molecule has 0 amide bonds. The van der Waals surface area contributed by atoms with Crippen LogP contribution in [0.1, 0.15) is 23.9 Å². The molecule has 3 heteroatoms. The van der Waals surface area contributed by atoms with E-state index in [-0.39, 0.29) is 6.04 Å². The Morgan fingerprint density at radius 1 is 1.33 bits per heavy atom. The maximum Gasteiger partial charge on any atom is 0.115 e. The van der Waals surface area contributed by atoms with E-state index in [0.29, 0.717) is 0 Å². The summed E-state index contributed by atoms with van der Waals surface area (Å²) in [5.74, 6) is 0. The molecule has 0 fully saturated rings. The smallest absolute Gasteiger partial charge is 0.115 e. The van der Waals surface area contributed by atoms with E-state index in [1.54, 1.807) is 6.33 Å². The second-order valence-corrected chi connectivity index (χ2v) is 3.20. The van der Waals surface area contributed by atoms with E-state index in [1.807, 2.05) is 20.8 Å². The third-order valence-electron chi connectivity index (χ3n) is 1.90. The molecule has 1 unspecified atom stereocenters. The molecule has 2 N–H and O–H groups in total. The number of nitrogens with zero attached hydrogens (tertiary/aromatic N) is 2. The van der Waals surface area contributed by atoms with Crippen molar-refractivity contribution in [3.05, 3.63) is 23.3 Å². The zero-order chi connectivity index (χ0) is 9.14. The van der Waals surface area contributed by atoms with Crippen LogP contribution >= 0.6 is 0 Å². The molecule has 1 heterocycles. The predicted molar refractivity (Wildman–Crippen MR) is 48.9 cm³/mol. The Bertz CT molecular complexity index is 248. The number of aromatic nitrogens is 2. The van der Waals surface area contributed by atoms with Gasteiger partial charge in [-0.25, -0.2) is 9.97 Å². The maximum atomic E-state index is 5.71. The van der Waals surface area contributed by atoms with Crippen LogP contribution in [0.2, 0.25) is 0 Å². The molecule has 0 saturated carbocycles. The third-order valence-corrected chi connectivity index (χ3v) is 1.90. The Labute approximate surface area is 73.0 Å². The van der Waals surface area contributed by atoms with Gasteiger partial charge >= 0.3 is 0 Å². The first kappa shape index (κ1) is 9.13. The van der Waals surface area contributed by atoms with Crippen molar-refractivity contribution in [1.29, 1.82) is 0 Å². The summed E-state index contributed by atoms with van der Waals surface area (Å²) in [5, 5.41) is 0. The van der Waals surface area contributed by atoms with Gasteiger partial charge in [0, 0.05) is 17.4 Å². The van der Waals surface area contributed by atoms with Crippen LogP contribution in [-0.4, -0.2) is 16.0 Å². The average Bonchev–Trinajstić information content (AvgIpc) is 1.97. The van der Waals surface area contributed by atoms with Gasteiger partial charge in [0.05, 0.1) is 0 Å². The molecule has 1 rings (SSSR count). The second kappa shape index (κ2) is 3.63. The summed E-state index contributed by atoms with van der Waals surface area (Å²) in [7, 11) is 0. The van der Waals surface area contributed by atoms with Crippen molar-refractivity contribution in [3.8, 4) is 0 Å². The van der Waals surface area contributed by atoms with E-state index in [4.69, 9.17) is 5.73 Å². The van der Waals surface area contributed by atoms with E-state index in [0.717, 1.165) is 17.8 Å². The van der Waals surface area contributed by atoms with Gasteiger partial charge in [-0.2, -0.15) is 0 Å². The Kier molecular flexibility index (Phi) is 2.76. The lowest BCUT2D eigenvalue weighted by atomic mass is 10.1. The molecule has 1 aromatic heterocycles. The molecule has 0 bridgehead atoms. The van der Waals surface area contributed by atoms with E-state index >= 15 is 0 Å². The maximum absolute atomic E-state index is 5.71. The summed E-state index contributed by atoms with van der Waals surface area (Å²) in [4.78, 5) is 8.25. The normalized spacial score (nSPS) is 13.0. The van der Waals surface area contributed by atoms with E-state index in [9.17, 15) is 0 Å². The van der Waals surface area contributed by atoms with Crippen LogP contribution < -0.4 is 5.73 Å². The Morgan fingerprint density at radius 2 is 1.83 bits per heavy atom. The molecule has 0 radical (unpaired) electrons. The summed E-state index contributed by atoms with van der Waals surface area (Å²) in [6, 6.07) is 0.174. The van der Waals surface area contributed by atoms with E-state index in [2.05, 4.69) is 9.97 Å². The van der Waals surface area contributed by atoms with Gasteiger partial charge in [-0.3, -0.25) is 0 Å². The molecule has 0 aliphatic rings. The Morgan fingerprint density at radius 3 is 2.25 bits per heavy atom. The first-order valence-corrected chi connectivity index (χ1v) is 4.14. The number of aryl methyl sites for hydroxylation is 2. The van der Waals surface area contributed by atoms with Gasteiger partial charge in [0.1, 0.15) is 6.33 Å². The average molecular weight is 165 g/mol. The minimum absolute atomic E-state index is 0.174. The van der Waals surface area contributed by atoms with Crippen molar-refractivity contribution < 1.29 is 0 Å². The molecule has 1 atom stereocenters. The van der Waals surface area contributed by atoms with Gasteiger partial charge in [-0.05, 0) is 32.8 Å². The molecule has 66 valence electrons.